The predicted octanol–water partition coefficient (Wildman–Crippen LogP) is 8.75. The summed E-state index contributed by atoms with van der Waals surface area (Å²) in [5, 5.41) is 5.28. The molecule has 4 nitrogen and oxygen atoms in total. The normalized spacial score (nSPS) is 11.3. The van der Waals surface area contributed by atoms with E-state index < -0.39 is 10.1 Å². The van der Waals surface area contributed by atoms with Crippen LogP contribution < -0.4 is 10.6 Å². The van der Waals surface area contributed by atoms with Crippen molar-refractivity contribution in [2.24, 2.45) is 0 Å². The molecule has 0 radical (unpaired) electrons. The Bertz CT molecular complexity index is 1410. The molecule has 4 aromatic carbocycles. The van der Waals surface area contributed by atoms with E-state index in [4.69, 9.17) is 4.55 Å². The number of rotatable bonds is 4. The van der Waals surface area contributed by atoms with Crippen LogP contribution in [0, 0.1) is 6.07 Å². The zero-order valence-corrected chi connectivity index (χ0v) is 28.5. The van der Waals surface area contributed by atoms with Crippen molar-refractivity contribution < 1.29 is 33.4 Å². The van der Waals surface area contributed by atoms with Crippen molar-refractivity contribution >= 4 is 29.0 Å². The van der Waals surface area contributed by atoms with Gasteiger partial charge in [0, 0.05) is 27.5 Å². The second-order valence-corrected chi connectivity index (χ2v) is 16.7. The number of hydrogen-bond acceptors (Lipinski definition) is 3. The van der Waals surface area contributed by atoms with E-state index in [0.29, 0.717) is 16.6 Å². The molecule has 0 saturated carbocycles. The molecule has 0 aliphatic carbocycles. The molecular weight excluding hydrogens is 640 g/mol. The average Bonchev–Trinajstić information content (AvgIpc) is 2.88. The van der Waals surface area contributed by atoms with Gasteiger partial charge in [-0.15, -0.1) is 35.9 Å². The summed E-state index contributed by atoms with van der Waals surface area (Å²) in [7, 11) is -2.02. The largest absolute Gasteiger partial charge is 0.395 e. The molecule has 7 heteroatoms. The van der Waals surface area contributed by atoms with Crippen LogP contribution in [0.25, 0.3) is 22.3 Å². The van der Waals surface area contributed by atoms with E-state index in [2.05, 4.69) is 126 Å². The summed E-state index contributed by atoms with van der Waals surface area (Å²) in [5.41, 5.74) is 6.17. The number of benzene rings is 4. The van der Waals surface area contributed by atoms with E-state index in [1.54, 1.807) is 0 Å². The standard InChI is InChI=1S/C20H27P.C13H12N.CH4O3S.Pd/c1-19(2,3)21(20(4,5)6)18-15-11-10-14-17(18)16-12-8-7-9-13-16;1-14-13-10-6-5-9-12(13)11-7-3-2-4-8-11;1-5(2,3)4;/h7-15H,1-6H3;2-7,9-10,14H,1H3;1H3,(H,2,3,4);/q;-1;;. The van der Waals surface area contributed by atoms with Crippen molar-refractivity contribution in [2.75, 3.05) is 18.6 Å². The Hall–Kier alpha value is -2.32. The third kappa shape index (κ3) is 12.6. The van der Waals surface area contributed by atoms with Crippen LogP contribution in [-0.4, -0.2) is 36.6 Å². The smallest absolute Gasteiger partial charge is 0.261 e. The fraction of sp³-hybridized carbons (Fsp3) is 0.294. The molecule has 0 saturated heterocycles. The monoisotopic (exact) mass is 682 g/mol. The van der Waals surface area contributed by atoms with Crippen LogP contribution in [-0.2, 0) is 30.5 Å². The van der Waals surface area contributed by atoms with Crippen molar-refractivity contribution in [3.8, 4) is 22.3 Å². The molecule has 0 bridgehead atoms. The summed E-state index contributed by atoms with van der Waals surface area (Å²) in [4.78, 5) is 0. The Balaban J connectivity index is 0.000000362. The average molecular weight is 683 g/mol. The zero-order chi connectivity index (χ0) is 30.0. The van der Waals surface area contributed by atoms with E-state index in [1.807, 2.05) is 37.4 Å². The molecule has 41 heavy (non-hydrogen) atoms. The van der Waals surface area contributed by atoms with Crippen LogP contribution >= 0.6 is 7.92 Å². The molecule has 0 aliphatic heterocycles. The fourth-order valence-corrected chi connectivity index (χ4v) is 8.89. The van der Waals surface area contributed by atoms with Crippen LogP contribution in [0.2, 0.25) is 0 Å². The molecule has 0 aliphatic rings. The molecule has 0 amide bonds. The number of anilines is 1. The van der Waals surface area contributed by atoms with Gasteiger partial charge in [0.1, 0.15) is 0 Å². The molecule has 2 N–H and O–H groups in total. The molecule has 0 fully saturated rings. The van der Waals surface area contributed by atoms with Crippen LogP contribution in [0.15, 0.2) is 103 Å². The van der Waals surface area contributed by atoms with Crippen molar-refractivity contribution in [3.05, 3.63) is 109 Å². The maximum absolute atomic E-state index is 9.19. The Morgan fingerprint density at radius 1 is 0.707 bits per heavy atom. The predicted molar refractivity (Wildman–Crippen MR) is 176 cm³/mol. The SMILES string of the molecule is CC(C)(C)P(c1ccccc1-c1ccccc1)C(C)(C)C.CNc1ccccc1-c1[c-]cccc1.CS(=O)(=O)O.[Pd]. The second-order valence-electron chi connectivity index (χ2n) is 11.4. The molecule has 4 rings (SSSR count). The van der Waals surface area contributed by atoms with Gasteiger partial charge < -0.3 is 5.32 Å². The van der Waals surface area contributed by atoms with Gasteiger partial charge in [-0.3, -0.25) is 4.55 Å². The molecule has 0 atom stereocenters. The molecule has 0 aromatic heterocycles. The zero-order valence-electron chi connectivity index (χ0n) is 25.3. The van der Waals surface area contributed by atoms with Gasteiger partial charge in [0.25, 0.3) is 10.1 Å². The first-order valence-electron chi connectivity index (χ1n) is 13.2. The van der Waals surface area contributed by atoms with Gasteiger partial charge in [0.2, 0.25) is 0 Å². The summed E-state index contributed by atoms with van der Waals surface area (Å²) in [5.74, 6) is 0. The van der Waals surface area contributed by atoms with Crippen LogP contribution in [0.5, 0.6) is 0 Å². The molecule has 0 spiro atoms. The summed E-state index contributed by atoms with van der Waals surface area (Å²) in [6.07, 6.45) is 0.715. The minimum absolute atomic E-state index is 0. The van der Waals surface area contributed by atoms with Crippen LogP contribution in [0.1, 0.15) is 41.5 Å². The van der Waals surface area contributed by atoms with Gasteiger partial charge in [-0.1, -0.05) is 128 Å². The van der Waals surface area contributed by atoms with Crippen molar-refractivity contribution in [2.45, 2.75) is 51.9 Å². The first kappa shape index (κ1) is 36.7. The van der Waals surface area contributed by atoms with E-state index in [0.717, 1.165) is 11.3 Å². The maximum atomic E-state index is 9.19. The molecule has 224 valence electrons. The third-order valence-electron chi connectivity index (χ3n) is 5.77. The van der Waals surface area contributed by atoms with E-state index in [1.165, 1.54) is 22.0 Å². The van der Waals surface area contributed by atoms with Gasteiger partial charge in [0.15, 0.2) is 0 Å². The number of para-hydroxylation sites is 1. The number of nitrogens with one attached hydrogen (secondary N) is 1. The molecule has 4 aromatic rings. The fourth-order valence-electron chi connectivity index (χ4n) is 4.76. The minimum Gasteiger partial charge on any atom is -0.395 e. The van der Waals surface area contributed by atoms with Gasteiger partial charge in [-0.25, -0.2) is 0 Å². The second kappa shape index (κ2) is 16.4. The van der Waals surface area contributed by atoms with Crippen LogP contribution in [0.3, 0.4) is 0 Å². The topological polar surface area (TPSA) is 66.4 Å². The van der Waals surface area contributed by atoms with E-state index >= 15 is 0 Å². The summed E-state index contributed by atoms with van der Waals surface area (Å²) < 4.78 is 25.9. The van der Waals surface area contributed by atoms with Gasteiger partial charge in [0.05, 0.1) is 6.26 Å². The third-order valence-corrected chi connectivity index (χ3v) is 9.32. The first-order chi connectivity index (χ1) is 18.6. The van der Waals surface area contributed by atoms with Gasteiger partial charge in [-0.2, -0.15) is 8.42 Å². The Labute approximate surface area is 263 Å². The first-order valence-corrected chi connectivity index (χ1v) is 16.4. The van der Waals surface area contributed by atoms with Crippen molar-refractivity contribution in [1.82, 2.24) is 0 Å². The van der Waals surface area contributed by atoms with Crippen molar-refractivity contribution in [3.63, 3.8) is 0 Å². The van der Waals surface area contributed by atoms with Crippen LogP contribution in [0.4, 0.5) is 5.69 Å². The summed E-state index contributed by atoms with van der Waals surface area (Å²) in [6.45, 7) is 14.3. The quantitative estimate of drug-likeness (QED) is 0.0978. The van der Waals surface area contributed by atoms with E-state index in [-0.39, 0.29) is 28.3 Å². The molecular formula is C34H43NO3PPdS-. The summed E-state index contributed by atoms with van der Waals surface area (Å²) >= 11 is 0. The Morgan fingerprint density at radius 2 is 1.17 bits per heavy atom. The molecule has 0 unspecified atom stereocenters. The maximum Gasteiger partial charge on any atom is 0.261 e. The molecule has 0 heterocycles. The minimum atomic E-state index is -3.67. The Kier molecular flexibility index (Phi) is 14.6. The summed E-state index contributed by atoms with van der Waals surface area (Å²) in [6, 6.07) is 39.2. The van der Waals surface area contributed by atoms with E-state index in [9.17, 15) is 8.42 Å². The Morgan fingerprint density at radius 3 is 1.66 bits per heavy atom. The van der Waals surface area contributed by atoms with Gasteiger partial charge >= 0.3 is 0 Å². The number of hydrogen-bond donors (Lipinski definition) is 2. The van der Waals surface area contributed by atoms with Crippen molar-refractivity contribution in [1.29, 1.82) is 0 Å². The van der Waals surface area contributed by atoms with Gasteiger partial charge in [-0.05, 0) is 38.5 Å².